The van der Waals surface area contributed by atoms with E-state index in [2.05, 4.69) is 0 Å². The number of rotatable bonds is 0. The lowest BCUT2D eigenvalue weighted by molar-refractivity contribution is 1.19. The molecule has 0 saturated carbocycles. The van der Waals surface area contributed by atoms with Crippen LogP contribution in [0.2, 0.25) is 0 Å². The third-order valence-electron chi connectivity index (χ3n) is 6.26. The van der Waals surface area contributed by atoms with Gasteiger partial charge in [-0.1, -0.05) is 24.3 Å². The monoisotopic (exact) mass is 418 g/mol. The van der Waals surface area contributed by atoms with Crippen molar-refractivity contribution in [1.82, 2.24) is 18.8 Å². The number of nitrogens with zero attached hydrogens (tertiary/aromatic N) is 4. The van der Waals surface area contributed by atoms with E-state index in [4.69, 9.17) is 9.97 Å². The lowest BCUT2D eigenvalue weighted by Crippen LogP contribution is -2.15. The Morgan fingerprint density at radius 1 is 0.613 bits per heavy atom. The van der Waals surface area contributed by atoms with Gasteiger partial charge in [-0.15, -0.1) is 11.3 Å². The zero-order chi connectivity index (χ0) is 20.4. The normalized spacial score (nSPS) is 12.8. The average Bonchev–Trinajstić information content (AvgIpc) is 3.48. The van der Waals surface area contributed by atoms with Crippen LogP contribution in [0, 0.1) is 0 Å². The lowest BCUT2D eigenvalue weighted by atomic mass is 10.0. The molecular formula is C24H10N4O2S. The molecule has 0 fully saturated rings. The van der Waals surface area contributed by atoms with Crippen LogP contribution in [-0.2, 0) is 0 Å². The number of aromatic nitrogens is 4. The molecule has 0 N–H and O–H groups in total. The van der Waals surface area contributed by atoms with E-state index >= 15 is 0 Å². The van der Waals surface area contributed by atoms with Gasteiger partial charge in [0.15, 0.2) is 11.3 Å². The fourth-order valence-corrected chi connectivity index (χ4v) is 6.25. The first-order valence-corrected chi connectivity index (χ1v) is 10.7. The van der Waals surface area contributed by atoms with E-state index in [9.17, 15) is 9.59 Å². The summed E-state index contributed by atoms with van der Waals surface area (Å²) in [6.07, 6.45) is 0. The molecule has 144 valence electrons. The van der Waals surface area contributed by atoms with Crippen molar-refractivity contribution in [2.75, 3.05) is 0 Å². The number of fused-ring (bicyclic) bond motifs is 8. The molecule has 0 radical (unpaired) electrons. The molecule has 0 amide bonds. The first-order valence-electron chi connectivity index (χ1n) is 9.87. The Labute approximate surface area is 175 Å². The second kappa shape index (κ2) is 4.96. The van der Waals surface area contributed by atoms with Gasteiger partial charge in [-0.05, 0) is 36.4 Å². The fourth-order valence-electron chi connectivity index (χ4n) is 4.96. The Morgan fingerprint density at radius 3 is 1.55 bits per heavy atom. The summed E-state index contributed by atoms with van der Waals surface area (Å²) in [7, 11) is 0. The van der Waals surface area contributed by atoms with Crippen LogP contribution >= 0.6 is 11.3 Å². The van der Waals surface area contributed by atoms with Crippen molar-refractivity contribution in [3.05, 3.63) is 81.4 Å². The van der Waals surface area contributed by atoms with E-state index in [1.807, 2.05) is 48.5 Å². The van der Waals surface area contributed by atoms with Gasteiger partial charge in [0.1, 0.15) is 0 Å². The summed E-state index contributed by atoms with van der Waals surface area (Å²) in [6, 6.07) is 18.9. The highest BCUT2D eigenvalue weighted by Crippen LogP contribution is 2.42. The molecule has 3 aromatic carbocycles. The molecule has 0 aliphatic heterocycles. The molecule has 0 unspecified atom stereocenters. The number of benzene rings is 3. The molecule has 0 atom stereocenters. The number of pyridine rings is 2. The maximum atomic E-state index is 13.5. The van der Waals surface area contributed by atoms with Crippen molar-refractivity contribution in [3.8, 4) is 0 Å². The molecule has 0 spiro atoms. The summed E-state index contributed by atoms with van der Waals surface area (Å²) in [5.41, 5.74) is 4.18. The van der Waals surface area contributed by atoms with Crippen LogP contribution in [0.3, 0.4) is 0 Å². The Balaban J connectivity index is 1.77. The Hall–Kier alpha value is -4.10. The van der Waals surface area contributed by atoms with Crippen molar-refractivity contribution in [2.24, 2.45) is 0 Å². The third kappa shape index (κ3) is 1.64. The van der Waals surface area contributed by atoms with Crippen LogP contribution in [0.1, 0.15) is 0 Å². The minimum atomic E-state index is -0.112. The van der Waals surface area contributed by atoms with Gasteiger partial charge in [0.25, 0.3) is 11.1 Å². The molecule has 8 rings (SSSR count). The summed E-state index contributed by atoms with van der Waals surface area (Å²) in [4.78, 5) is 36.5. The lowest BCUT2D eigenvalue weighted by Gasteiger charge is -2.04. The largest absolute Gasteiger partial charge is 0.268 e. The summed E-state index contributed by atoms with van der Waals surface area (Å²) >= 11 is 1.55. The molecule has 31 heavy (non-hydrogen) atoms. The molecular weight excluding hydrogens is 408 g/mol. The van der Waals surface area contributed by atoms with Crippen molar-refractivity contribution in [3.63, 3.8) is 0 Å². The van der Waals surface area contributed by atoms with Crippen LogP contribution < -0.4 is 11.1 Å². The minimum absolute atomic E-state index is 0.112. The van der Waals surface area contributed by atoms with Gasteiger partial charge in [-0.2, -0.15) is 0 Å². The highest BCUT2D eigenvalue weighted by molar-refractivity contribution is 7.27. The number of thiophene rings is 1. The van der Waals surface area contributed by atoms with E-state index in [-0.39, 0.29) is 11.1 Å². The van der Waals surface area contributed by atoms with Gasteiger partial charge < -0.3 is 0 Å². The Kier molecular flexibility index (Phi) is 2.51. The van der Waals surface area contributed by atoms with Crippen LogP contribution in [0.25, 0.3) is 64.3 Å². The first-order chi connectivity index (χ1) is 15.2. The second-order valence-electron chi connectivity index (χ2n) is 7.80. The SMILES string of the molecule is O=c1c2ccc3c(=O)n4c5ccccc5nc4c4sc(c2c34)c2nc3ccccc3n12. The van der Waals surface area contributed by atoms with Gasteiger partial charge >= 0.3 is 0 Å². The Bertz CT molecular complexity index is 2000. The maximum absolute atomic E-state index is 13.5. The fraction of sp³-hybridized carbons (Fsp3) is 0. The van der Waals surface area contributed by atoms with Crippen molar-refractivity contribution >= 4 is 75.6 Å². The third-order valence-corrected chi connectivity index (χ3v) is 7.44. The summed E-state index contributed by atoms with van der Waals surface area (Å²) in [5, 5.41) is 2.84. The predicted octanol–water partition coefficient (Wildman–Crippen LogP) is 4.41. The molecule has 8 aromatic rings. The van der Waals surface area contributed by atoms with Crippen LogP contribution in [-0.4, -0.2) is 18.8 Å². The number of hydrogen-bond donors (Lipinski definition) is 0. The van der Waals surface area contributed by atoms with Crippen molar-refractivity contribution < 1.29 is 0 Å². The number of para-hydroxylation sites is 4. The van der Waals surface area contributed by atoms with Crippen LogP contribution in [0.15, 0.2) is 70.3 Å². The van der Waals surface area contributed by atoms with Gasteiger partial charge in [0.05, 0.1) is 31.5 Å². The van der Waals surface area contributed by atoms with E-state index in [1.165, 1.54) is 0 Å². The molecule has 7 heteroatoms. The van der Waals surface area contributed by atoms with Gasteiger partial charge in [0.2, 0.25) is 0 Å². The quantitative estimate of drug-likeness (QED) is 0.342. The zero-order valence-electron chi connectivity index (χ0n) is 15.8. The summed E-state index contributed by atoms with van der Waals surface area (Å²) in [5.74, 6) is 0. The topological polar surface area (TPSA) is 68.7 Å². The van der Waals surface area contributed by atoms with Gasteiger partial charge in [-0.3, -0.25) is 18.4 Å². The first kappa shape index (κ1) is 15.7. The highest BCUT2D eigenvalue weighted by Gasteiger charge is 2.24. The molecule has 0 bridgehead atoms. The molecule has 6 nitrogen and oxygen atoms in total. The average molecular weight is 418 g/mol. The summed E-state index contributed by atoms with van der Waals surface area (Å²) in [6.45, 7) is 0. The molecule has 0 saturated heterocycles. The van der Waals surface area contributed by atoms with E-state index in [1.54, 1.807) is 32.3 Å². The Morgan fingerprint density at radius 2 is 1.06 bits per heavy atom. The number of hydrogen-bond acceptors (Lipinski definition) is 5. The molecule has 5 heterocycles. The highest BCUT2D eigenvalue weighted by atomic mass is 32.1. The molecule has 5 aromatic heterocycles. The standard InChI is InChI=1S/C24H10N4O2S/c29-23-11-9-10-12-18-17(11)19(21-25-13-5-1-3-7-15(13)27(21)23)31-20(18)22-26-14-6-2-4-8-16(14)28(22)24(12)30/h1-10H. The zero-order valence-corrected chi connectivity index (χ0v) is 16.6. The summed E-state index contributed by atoms with van der Waals surface area (Å²) < 4.78 is 5.20. The molecule has 0 aliphatic carbocycles. The van der Waals surface area contributed by atoms with Gasteiger partial charge in [0, 0.05) is 21.5 Å². The van der Waals surface area contributed by atoms with Gasteiger partial charge in [-0.25, -0.2) is 9.97 Å². The number of imidazole rings is 2. The smallest absolute Gasteiger partial charge is 0.264 e. The van der Waals surface area contributed by atoms with Crippen molar-refractivity contribution in [1.29, 1.82) is 0 Å². The minimum Gasteiger partial charge on any atom is -0.268 e. The molecule has 0 aliphatic rings. The second-order valence-corrected chi connectivity index (χ2v) is 8.82. The van der Waals surface area contributed by atoms with E-state index in [0.717, 1.165) is 42.2 Å². The van der Waals surface area contributed by atoms with E-state index in [0.29, 0.717) is 22.1 Å². The van der Waals surface area contributed by atoms with Crippen LogP contribution in [0.4, 0.5) is 0 Å². The van der Waals surface area contributed by atoms with Crippen LogP contribution in [0.5, 0.6) is 0 Å². The predicted molar refractivity (Wildman–Crippen MR) is 124 cm³/mol. The maximum Gasteiger partial charge on any atom is 0.264 e. The van der Waals surface area contributed by atoms with Crippen molar-refractivity contribution in [2.45, 2.75) is 0 Å². The van der Waals surface area contributed by atoms with E-state index < -0.39 is 0 Å².